The lowest BCUT2D eigenvalue weighted by Gasteiger charge is -2.06. The molecule has 1 unspecified atom stereocenters. The SMILES string of the molecule is O=C(CCC1CCOC1)c1cc(Cc2ccc(Oc3ccccc3)cc2)on1. The largest absolute Gasteiger partial charge is 0.457 e. The molecular formula is C23H23NO4. The summed E-state index contributed by atoms with van der Waals surface area (Å²) in [6, 6.07) is 19.2. The van der Waals surface area contributed by atoms with Gasteiger partial charge in [-0.3, -0.25) is 4.79 Å². The first-order valence-corrected chi connectivity index (χ1v) is 9.64. The highest BCUT2D eigenvalue weighted by Crippen LogP contribution is 2.23. The molecule has 0 spiro atoms. The number of carbonyl (C=O) groups is 1. The lowest BCUT2D eigenvalue weighted by Crippen LogP contribution is -2.05. The fourth-order valence-electron chi connectivity index (χ4n) is 3.30. The minimum absolute atomic E-state index is 0.0357. The van der Waals surface area contributed by atoms with Crippen molar-refractivity contribution in [3.05, 3.63) is 77.7 Å². The number of ketones is 1. The summed E-state index contributed by atoms with van der Waals surface area (Å²) in [6.45, 7) is 1.57. The molecule has 3 aromatic rings. The van der Waals surface area contributed by atoms with E-state index in [1.54, 1.807) is 6.07 Å². The summed E-state index contributed by atoms with van der Waals surface area (Å²) in [7, 11) is 0. The predicted octanol–water partition coefficient (Wildman–Crippen LogP) is 5.06. The molecule has 0 bridgehead atoms. The number of hydrogen-bond acceptors (Lipinski definition) is 5. The molecule has 144 valence electrons. The maximum Gasteiger partial charge on any atom is 0.184 e. The minimum Gasteiger partial charge on any atom is -0.457 e. The van der Waals surface area contributed by atoms with E-state index in [2.05, 4.69) is 5.16 Å². The van der Waals surface area contributed by atoms with Crippen LogP contribution in [0.15, 0.2) is 65.2 Å². The summed E-state index contributed by atoms with van der Waals surface area (Å²) in [6.07, 6.45) is 2.97. The molecule has 28 heavy (non-hydrogen) atoms. The van der Waals surface area contributed by atoms with Crippen molar-refractivity contribution in [3.63, 3.8) is 0 Å². The molecule has 1 atom stereocenters. The fourth-order valence-corrected chi connectivity index (χ4v) is 3.30. The molecular weight excluding hydrogens is 354 g/mol. The number of ether oxygens (including phenoxy) is 2. The Bertz CT molecular complexity index is 896. The quantitative estimate of drug-likeness (QED) is 0.514. The molecule has 0 N–H and O–H groups in total. The van der Waals surface area contributed by atoms with Gasteiger partial charge in [0, 0.05) is 32.1 Å². The van der Waals surface area contributed by atoms with E-state index in [0.29, 0.717) is 30.2 Å². The molecule has 1 saturated heterocycles. The third-order valence-corrected chi connectivity index (χ3v) is 4.93. The zero-order valence-electron chi connectivity index (χ0n) is 15.7. The van der Waals surface area contributed by atoms with Crippen molar-refractivity contribution < 1.29 is 18.8 Å². The molecule has 0 amide bonds. The summed E-state index contributed by atoms with van der Waals surface area (Å²) in [4.78, 5) is 12.3. The van der Waals surface area contributed by atoms with Gasteiger partial charge < -0.3 is 14.0 Å². The molecule has 2 aromatic carbocycles. The molecule has 1 aliphatic heterocycles. The topological polar surface area (TPSA) is 61.6 Å². The molecule has 4 rings (SSSR count). The predicted molar refractivity (Wildman–Crippen MR) is 105 cm³/mol. The van der Waals surface area contributed by atoms with Crippen molar-refractivity contribution in [2.75, 3.05) is 13.2 Å². The van der Waals surface area contributed by atoms with Gasteiger partial charge in [-0.25, -0.2) is 0 Å². The van der Waals surface area contributed by atoms with Crippen molar-refractivity contribution in [2.45, 2.75) is 25.7 Å². The summed E-state index contributed by atoms with van der Waals surface area (Å²) >= 11 is 0. The van der Waals surface area contributed by atoms with Crippen LogP contribution < -0.4 is 4.74 Å². The van der Waals surface area contributed by atoms with Crippen molar-refractivity contribution in [2.24, 2.45) is 5.92 Å². The Balaban J connectivity index is 1.31. The lowest BCUT2D eigenvalue weighted by molar-refractivity contribution is 0.0962. The zero-order valence-corrected chi connectivity index (χ0v) is 15.7. The second-order valence-corrected chi connectivity index (χ2v) is 7.11. The van der Waals surface area contributed by atoms with Crippen molar-refractivity contribution >= 4 is 5.78 Å². The number of benzene rings is 2. The van der Waals surface area contributed by atoms with Crippen molar-refractivity contribution in [1.82, 2.24) is 5.16 Å². The molecule has 0 radical (unpaired) electrons. The number of rotatable bonds is 8. The van der Waals surface area contributed by atoms with Gasteiger partial charge >= 0.3 is 0 Å². The first-order valence-electron chi connectivity index (χ1n) is 9.64. The van der Waals surface area contributed by atoms with Crippen LogP contribution in [-0.4, -0.2) is 24.2 Å². The van der Waals surface area contributed by atoms with Gasteiger partial charge in [-0.05, 0) is 48.6 Å². The molecule has 0 saturated carbocycles. The Hall–Kier alpha value is -2.92. The average Bonchev–Trinajstić information content (AvgIpc) is 3.41. The Kier molecular flexibility index (Phi) is 5.83. The number of carbonyl (C=O) groups excluding carboxylic acids is 1. The van der Waals surface area contributed by atoms with E-state index in [1.165, 1.54) is 0 Å². The third-order valence-electron chi connectivity index (χ3n) is 4.93. The number of Topliss-reactive ketones (excluding diaryl/α,β-unsaturated/α-hetero) is 1. The second-order valence-electron chi connectivity index (χ2n) is 7.11. The highest BCUT2D eigenvalue weighted by molar-refractivity contribution is 5.94. The van der Waals surface area contributed by atoms with Gasteiger partial charge in [-0.15, -0.1) is 0 Å². The molecule has 5 heteroatoms. The lowest BCUT2D eigenvalue weighted by atomic mass is 10.00. The molecule has 1 aliphatic rings. The van der Waals surface area contributed by atoms with Gasteiger partial charge in [0.15, 0.2) is 5.78 Å². The molecule has 5 nitrogen and oxygen atoms in total. The van der Waals surface area contributed by atoms with Gasteiger partial charge in [0.1, 0.15) is 23.0 Å². The van der Waals surface area contributed by atoms with Crippen LogP contribution in [0.3, 0.4) is 0 Å². The number of aromatic nitrogens is 1. The van der Waals surface area contributed by atoms with Crippen LogP contribution in [0.4, 0.5) is 0 Å². The summed E-state index contributed by atoms with van der Waals surface area (Å²) in [5.74, 6) is 2.79. The van der Waals surface area contributed by atoms with Crippen LogP contribution in [-0.2, 0) is 11.2 Å². The first-order chi connectivity index (χ1) is 13.8. The van der Waals surface area contributed by atoms with Gasteiger partial charge in [-0.2, -0.15) is 0 Å². The number of hydrogen-bond donors (Lipinski definition) is 0. The minimum atomic E-state index is 0.0357. The van der Waals surface area contributed by atoms with E-state index < -0.39 is 0 Å². The Morgan fingerprint density at radius 2 is 1.86 bits per heavy atom. The van der Waals surface area contributed by atoms with Gasteiger partial charge in [0.05, 0.1) is 0 Å². The highest BCUT2D eigenvalue weighted by atomic mass is 16.5. The van der Waals surface area contributed by atoms with E-state index in [-0.39, 0.29) is 5.78 Å². The van der Waals surface area contributed by atoms with Gasteiger partial charge in [-0.1, -0.05) is 35.5 Å². The van der Waals surface area contributed by atoms with E-state index >= 15 is 0 Å². The number of nitrogens with zero attached hydrogens (tertiary/aromatic N) is 1. The molecule has 2 heterocycles. The van der Waals surface area contributed by atoms with Gasteiger partial charge in [0.25, 0.3) is 0 Å². The van der Waals surface area contributed by atoms with Gasteiger partial charge in [0.2, 0.25) is 0 Å². The maximum absolute atomic E-state index is 12.3. The van der Waals surface area contributed by atoms with Crippen LogP contribution in [0.2, 0.25) is 0 Å². The van der Waals surface area contributed by atoms with Crippen LogP contribution in [0, 0.1) is 5.92 Å². The maximum atomic E-state index is 12.3. The smallest absolute Gasteiger partial charge is 0.184 e. The Morgan fingerprint density at radius 1 is 1.07 bits per heavy atom. The van der Waals surface area contributed by atoms with E-state index in [0.717, 1.165) is 43.1 Å². The summed E-state index contributed by atoms with van der Waals surface area (Å²) in [5.41, 5.74) is 1.48. The average molecular weight is 377 g/mol. The van der Waals surface area contributed by atoms with Crippen molar-refractivity contribution in [1.29, 1.82) is 0 Å². The molecule has 1 aromatic heterocycles. The fraction of sp³-hybridized carbons (Fsp3) is 0.304. The standard InChI is InChI=1S/C23H23NO4/c25-23(11-8-18-12-13-26-16-18)22-15-21(28-24-22)14-17-6-9-20(10-7-17)27-19-4-2-1-3-5-19/h1-7,9-10,15,18H,8,11-14,16H2. The number of para-hydroxylation sites is 1. The van der Waals surface area contributed by atoms with Crippen LogP contribution in [0.5, 0.6) is 11.5 Å². The van der Waals surface area contributed by atoms with Crippen LogP contribution in [0.1, 0.15) is 41.1 Å². The van der Waals surface area contributed by atoms with Crippen LogP contribution in [0.25, 0.3) is 0 Å². The molecule has 0 aliphatic carbocycles. The van der Waals surface area contributed by atoms with Crippen LogP contribution >= 0.6 is 0 Å². The second kappa shape index (κ2) is 8.85. The summed E-state index contributed by atoms with van der Waals surface area (Å²) < 4.78 is 16.5. The third kappa shape index (κ3) is 4.87. The van der Waals surface area contributed by atoms with E-state index in [4.69, 9.17) is 14.0 Å². The first kappa shape index (κ1) is 18.4. The van der Waals surface area contributed by atoms with Crippen molar-refractivity contribution in [3.8, 4) is 11.5 Å². The zero-order chi connectivity index (χ0) is 19.2. The van der Waals surface area contributed by atoms with E-state index in [1.807, 2.05) is 54.6 Å². The normalized spacial score (nSPS) is 16.2. The Labute approximate surface area is 164 Å². The monoisotopic (exact) mass is 377 g/mol. The van der Waals surface area contributed by atoms with E-state index in [9.17, 15) is 4.79 Å². The highest BCUT2D eigenvalue weighted by Gasteiger charge is 2.19. The molecule has 1 fully saturated rings. The Morgan fingerprint density at radius 3 is 2.61 bits per heavy atom. The summed E-state index contributed by atoms with van der Waals surface area (Å²) in [5, 5.41) is 3.95.